The van der Waals surface area contributed by atoms with Crippen LogP contribution in [0.1, 0.15) is 48.3 Å². The van der Waals surface area contributed by atoms with Crippen LogP contribution in [0.25, 0.3) is 22.4 Å². The van der Waals surface area contributed by atoms with Gasteiger partial charge in [-0.1, -0.05) is 0 Å². The van der Waals surface area contributed by atoms with Gasteiger partial charge in [0.25, 0.3) is 5.91 Å². The molecule has 0 radical (unpaired) electrons. The lowest BCUT2D eigenvalue weighted by atomic mass is 9.95. The SMILES string of the molecule is Cc1nc(-c2ccn3c(C(=O)Nc4cc(C(F)(F)F)ccc4F)cnc3c2)c2c(N)ncc(CC3CN(C(=O)OC(C)(C)C)C3)n12. The molecule has 0 saturated carbocycles. The Kier molecular flexibility index (Phi) is 7.36. The summed E-state index contributed by atoms with van der Waals surface area (Å²) in [5.41, 5.74) is 7.01. The number of pyridine rings is 1. The predicted molar refractivity (Wildman–Crippen MR) is 161 cm³/mol. The molecule has 1 saturated heterocycles. The van der Waals surface area contributed by atoms with Crippen LogP contribution in [-0.2, 0) is 17.3 Å². The number of hydrogen-bond acceptors (Lipinski definition) is 7. The molecule has 0 bridgehead atoms. The van der Waals surface area contributed by atoms with E-state index in [0.29, 0.717) is 66.0 Å². The molecule has 5 heterocycles. The molecule has 5 aromatic rings. The summed E-state index contributed by atoms with van der Waals surface area (Å²) in [7, 11) is 0. The van der Waals surface area contributed by atoms with Crippen molar-refractivity contribution in [3.05, 3.63) is 77.5 Å². The van der Waals surface area contributed by atoms with Gasteiger partial charge in [-0.25, -0.2) is 24.1 Å². The van der Waals surface area contributed by atoms with Crippen molar-refractivity contribution in [3.63, 3.8) is 0 Å². The Hall–Kier alpha value is -5.21. The number of fused-ring (bicyclic) bond motifs is 2. The molecule has 11 nitrogen and oxygen atoms in total. The molecule has 1 fully saturated rings. The van der Waals surface area contributed by atoms with Crippen molar-refractivity contribution < 1.29 is 31.9 Å². The first kappa shape index (κ1) is 30.8. The van der Waals surface area contributed by atoms with Crippen LogP contribution in [0.3, 0.4) is 0 Å². The van der Waals surface area contributed by atoms with E-state index in [1.807, 2.05) is 32.1 Å². The third kappa shape index (κ3) is 5.79. The first-order valence-electron chi connectivity index (χ1n) is 14.3. The molecule has 6 rings (SSSR count). The Morgan fingerprint density at radius 2 is 1.83 bits per heavy atom. The molecule has 3 N–H and O–H groups in total. The minimum atomic E-state index is -4.71. The van der Waals surface area contributed by atoms with Crippen LogP contribution in [0.15, 0.2) is 48.9 Å². The molecule has 1 aliphatic heterocycles. The second-order valence-electron chi connectivity index (χ2n) is 12.2. The molecule has 4 aromatic heterocycles. The van der Waals surface area contributed by atoms with Crippen LogP contribution in [0.5, 0.6) is 0 Å². The quantitative estimate of drug-likeness (QED) is 0.234. The average Bonchev–Trinajstić information content (AvgIpc) is 3.52. The van der Waals surface area contributed by atoms with E-state index in [4.69, 9.17) is 15.5 Å². The normalized spacial score (nSPS) is 14.1. The third-order valence-electron chi connectivity index (χ3n) is 7.60. The summed E-state index contributed by atoms with van der Waals surface area (Å²) < 4.78 is 62.4. The molecule has 1 aromatic carbocycles. The number of anilines is 2. The number of hydrogen-bond donors (Lipinski definition) is 2. The number of aryl methyl sites for hydroxylation is 1. The zero-order valence-corrected chi connectivity index (χ0v) is 25.3. The Morgan fingerprint density at radius 3 is 2.52 bits per heavy atom. The number of halogens is 4. The van der Waals surface area contributed by atoms with Gasteiger partial charge in [-0.15, -0.1) is 0 Å². The fraction of sp³-hybridized carbons (Fsp3) is 0.323. The number of nitrogen functional groups attached to an aromatic ring is 1. The topological polar surface area (TPSA) is 132 Å². The highest BCUT2D eigenvalue weighted by molar-refractivity contribution is 6.03. The molecule has 0 spiro atoms. The van der Waals surface area contributed by atoms with Crippen LogP contribution in [0, 0.1) is 18.7 Å². The fourth-order valence-corrected chi connectivity index (χ4v) is 5.48. The van der Waals surface area contributed by atoms with E-state index >= 15 is 0 Å². The summed E-state index contributed by atoms with van der Waals surface area (Å²) in [5, 5.41) is 2.20. The molecule has 2 amide bonds. The van der Waals surface area contributed by atoms with E-state index in [9.17, 15) is 27.2 Å². The fourth-order valence-electron chi connectivity index (χ4n) is 5.48. The second kappa shape index (κ2) is 11.0. The molecule has 0 unspecified atom stereocenters. The van der Waals surface area contributed by atoms with Gasteiger partial charge < -0.3 is 20.7 Å². The van der Waals surface area contributed by atoms with Gasteiger partial charge in [0.2, 0.25) is 0 Å². The Labute approximate surface area is 260 Å². The lowest BCUT2D eigenvalue weighted by Gasteiger charge is -2.39. The summed E-state index contributed by atoms with van der Waals surface area (Å²) in [5.74, 6) is -0.732. The third-order valence-corrected chi connectivity index (χ3v) is 7.60. The number of aromatic nitrogens is 5. The van der Waals surface area contributed by atoms with E-state index in [1.54, 1.807) is 29.4 Å². The maximum absolute atomic E-state index is 14.3. The summed E-state index contributed by atoms with van der Waals surface area (Å²) in [6, 6.07) is 5.15. The summed E-state index contributed by atoms with van der Waals surface area (Å²) in [6.45, 7) is 8.42. The van der Waals surface area contributed by atoms with Crippen molar-refractivity contribution >= 4 is 34.7 Å². The van der Waals surface area contributed by atoms with Crippen molar-refractivity contribution in [2.45, 2.75) is 45.9 Å². The largest absolute Gasteiger partial charge is 0.444 e. The Morgan fingerprint density at radius 1 is 1.09 bits per heavy atom. The number of amides is 2. The lowest BCUT2D eigenvalue weighted by molar-refractivity contribution is -0.137. The molecule has 240 valence electrons. The number of carbonyl (C=O) groups excluding carboxylic acids is 2. The number of rotatable bonds is 5. The van der Waals surface area contributed by atoms with E-state index in [2.05, 4.69) is 15.3 Å². The minimum absolute atomic E-state index is 0.0198. The molecule has 15 heteroatoms. The highest BCUT2D eigenvalue weighted by atomic mass is 19.4. The van der Waals surface area contributed by atoms with Crippen molar-refractivity contribution in [2.24, 2.45) is 5.92 Å². The first-order valence-corrected chi connectivity index (χ1v) is 14.3. The highest BCUT2D eigenvalue weighted by Gasteiger charge is 2.35. The zero-order valence-electron chi connectivity index (χ0n) is 25.3. The maximum Gasteiger partial charge on any atom is 0.416 e. The van der Waals surface area contributed by atoms with Crippen LogP contribution in [0.4, 0.5) is 33.9 Å². The molecule has 0 atom stereocenters. The second-order valence-corrected chi connectivity index (χ2v) is 12.2. The standard InChI is InChI=1S/C31H30F4N8O3/c1-16-39-25(26-27(36)38-12-20(43(16)26)9-17-14-41(15-17)29(45)46-30(2,3)4)18-7-8-42-23(13-37-24(42)10-18)28(44)40-22-11-19(31(33,34)35)5-6-21(22)32/h5-8,10-13,17H,9,14-15H2,1-4H3,(H2,36,38)(H,40,44). The highest BCUT2D eigenvalue weighted by Crippen LogP contribution is 2.33. The van der Waals surface area contributed by atoms with Gasteiger partial charge in [0, 0.05) is 36.7 Å². The minimum Gasteiger partial charge on any atom is -0.444 e. The van der Waals surface area contributed by atoms with Crippen molar-refractivity contribution in [1.82, 2.24) is 28.7 Å². The number of carbonyl (C=O) groups is 2. The van der Waals surface area contributed by atoms with Crippen LogP contribution in [-0.4, -0.2) is 59.3 Å². The Bertz CT molecular complexity index is 2010. The van der Waals surface area contributed by atoms with Crippen LogP contribution in [0.2, 0.25) is 0 Å². The summed E-state index contributed by atoms with van der Waals surface area (Å²) in [6.07, 6.45) is 0.0780. The number of nitrogens with one attached hydrogen (secondary N) is 1. The maximum atomic E-state index is 14.3. The smallest absolute Gasteiger partial charge is 0.416 e. The van der Waals surface area contributed by atoms with Crippen molar-refractivity contribution in [3.8, 4) is 11.3 Å². The van der Waals surface area contributed by atoms with E-state index in [0.717, 1.165) is 5.69 Å². The molecular formula is C31H30F4N8O3. The molecule has 1 aliphatic rings. The number of nitrogens with zero attached hydrogens (tertiary/aromatic N) is 6. The predicted octanol–water partition coefficient (Wildman–Crippen LogP) is 5.75. The first-order chi connectivity index (χ1) is 21.6. The number of nitrogens with two attached hydrogens (primary N) is 1. The number of ether oxygens (including phenoxy) is 1. The summed E-state index contributed by atoms with van der Waals surface area (Å²) in [4.78, 5) is 40.4. The van der Waals surface area contributed by atoms with E-state index < -0.39 is 34.8 Å². The van der Waals surface area contributed by atoms with E-state index in [1.165, 1.54) is 10.6 Å². The summed E-state index contributed by atoms with van der Waals surface area (Å²) >= 11 is 0. The van der Waals surface area contributed by atoms with Gasteiger partial charge in [0.1, 0.15) is 45.6 Å². The van der Waals surface area contributed by atoms with Crippen LogP contribution < -0.4 is 11.1 Å². The Balaban J connectivity index is 1.25. The van der Waals surface area contributed by atoms with Gasteiger partial charge in [-0.05, 0) is 70.4 Å². The number of benzene rings is 1. The monoisotopic (exact) mass is 638 g/mol. The zero-order chi connectivity index (χ0) is 33.1. The van der Waals surface area contributed by atoms with Gasteiger partial charge in [-0.3, -0.25) is 13.6 Å². The van der Waals surface area contributed by atoms with Gasteiger partial charge in [0.05, 0.1) is 17.4 Å². The average molecular weight is 639 g/mol. The van der Waals surface area contributed by atoms with Gasteiger partial charge in [-0.2, -0.15) is 13.2 Å². The molecule has 46 heavy (non-hydrogen) atoms. The molecule has 0 aliphatic carbocycles. The number of alkyl halides is 3. The van der Waals surface area contributed by atoms with Crippen LogP contribution >= 0.6 is 0 Å². The lowest BCUT2D eigenvalue weighted by Crippen LogP contribution is -2.52. The van der Waals surface area contributed by atoms with Gasteiger partial charge >= 0.3 is 12.3 Å². The number of imidazole rings is 2. The number of likely N-dealkylation sites (tertiary alicyclic amines) is 1. The van der Waals surface area contributed by atoms with Crippen molar-refractivity contribution in [1.29, 1.82) is 0 Å². The van der Waals surface area contributed by atoms with E-state index in [-0.39, 0.29) is 23.5 Å². The molecular weight excluding hydrogens is 608 g/mol. The van der Waals surface area contributed by atoms with Gasteiger partial charge in [0.15, 0.2) is 0 Å². The van der Waals surface area contributed by atoms with Crippen molar-refractivity contribution in [2.75, 3.05) is 24.1 Å².